The number of amides is 2. The minimum absolute atomic E-state index is 0.0623. The van der Waals surface area contributed by atoms with Crippen molar-refractivity contribution in [1.82, 2.24) is 24.7 Å². The predicted octanol–water partition coefficient (Wildman–Crippen LogP) is 0.711. The highest BCUT2D eigenvalue weighted by atomic mass is 35.5. The van der Waals surface area contributed by atoms with Gasteiger partial charge in [0.05, 0.1) is 19.1 Å². The molecule has 3 N–H and O–H groups in total. The van der Waals surface area contributed by atoms with E-state index in [1.54, 1.807) is 4.72 Å². The number of methoxy groups -OCH3 is 1. The third-order valence-corrected chi connectivity index (χ3v) is 4.55. The van der Waals surface area contributed by atoms with Gasteiger partial charge in [0.1, 0.15) is 0 Å². The molecule has 14 heteroatoms. The number of aliphatic hydroxyl groups is 1. The maximum Gasteiger partial charge on any atom is 0.335 e. The number of hydrogen-bond donors (Lipinski definition) is 3. The second-order valence-corrected chi connectivity index (χ2v) is 6.79. The first kappa shape index (κ1) is 20.0. The van der Waals surface area contributed by atoms with E-state index in [4.69, 9.17) is 27.9 Å². The highest BCUT2D eigenvalue weighted by Crippen LogP contribution is 2.21. The molecule has 0 bridgehead atoms. The molecule has 2 aromatic rings. The number of anilines is 1. The van der Waals surface area contributed by atoms with Crippen molar-refractivity contribution in [2.45, 2.75) is 11.1 Å². The standard InChI is InChI=1S/C12H12Cl2N6O5S/c1-25-12-17-9(14)16-10(19-12)18-11(22)20-26(23,24)8-6(7(21)5-13)3-2-4-15-8/h2-4,7,21H,5H2,1H3,(H2,16,17,18,19,20,22). The van der Waals surface area contributed by atoms with Gasteiger partial charge in [-0.1, -0.05) is 6.07 Å². The Labute approximate surface area is 157 Å². The van der Waals surface area contributed by atoms with Crippen LogP contribution in [-0.4, -0.2) is 52.5 Å². The number of ether oxygens (including phenoxy) is 1. The zero-order valence-corrected chi connectivity index (χ0v) is 15.4. The van der Waals surface area contributed by atoms with Crippen molar-refractivity contribution in [3.05, 3.63) is 29.2 Å². The van der Waals surface area contributed by atoms with Gasteiger partial charge < -0.3 is 9.84 Å². The summed E-state index contributed by atoms with van der Waals surface area (Å²) in [5.41, 5.74) is -0.0623. The number of aliphatic hydroxyl groups excluding tert-OH is 1. The van der Waals surface area contributed by atoms with Crippen LogP contribution in [0.1, 0.15) is 11.7 Å². The summed E-state index contributed by atoms with van der Waals surface area (Å²) in [7, 11) is -3.15. The smallest absolute Gasteiger partial charge is 0.335 e. The van der Waals surface area contributed by atoms with Crippen LogP contribution in [0.25, 0.3) is 0 Å². The Morgan fingerprint density at radius 2 is 2.12 bits per heavy atom. The molecule has 0 saturated carbocycles. The first-order chi connectivity index (χ1) is 12.3. The number of nitrogens with zero attached hydrogens (tertiary/aromatic N) is 4. The van der Waals surface area contributed by atoms with Gasteiger partial charge in [0.25, 0.3) is 10.0 Å². The van der Waals surface area contributed by atoms with E-state index in [1.807, 2.05) is 0 Å². The van der Waals surface area contributed by atoms with Crippen LogP contribution in [-0.2, 0) is 10.0 Å². The van der Waals surface area contributed by atoms with Crippen LogP contribution in [0.4, 0.5) is 10.7 Å². The van der Waals surface area contributed by atoms with E-state index in [1.165, 1.54) is 25.4 Å². The number of carbonyl (C=O) groups excluding carboxylic acids is 1. The van der Waals surface area contributed by atoms with Gasteiger partial charge in [0, 0.05) is 11.8 Å². The molecule has 0 fully saturated rings. The number of nitrogens with one attached hydrogen (secondary N) is 2. The Morgan fingerprint density at radius 1 is 1.38 bits per heavy atom. The summed E-state index contributed by atoms with van der Waals surface area (Å²) in [6.07, 6.45) is -0.0975. The summed E-state index contributed by atoms with van der Waals surface area (Å²) in [5, 5.41) is 11.1. The largest absolute Gasteiger partial charge is 0.467 e. The molecule has 1 unspecified atom stereocenters. The van der Waals surface area contributed by atoms with Gasteiger partial charge in [-0.3, -0.25) is 5.32 Å². The van der Waals surface area contributed by atoms with Crippen molar-refractivity contribution >= 4 is 45.2 Å². The SMILES string of the molecule is COc1nc(Cl)nc(NC(=O)NS(=O)(=O)c2ncccc2C(O)CCl)n1. The maximum atomic E-state index is 12.4. The van der Waals surface area contributed by atoms with Crippen molar-refractivity contribution in [2.24, 2.45) is 0 Å². The van der Waals surface area contributed by atoms with E-state index in [0.717, 1.165) is 0 Å². The van der Waals surface area contributed by atoms with Gasteiger partial charge in [-0.15, -0.1) is 11.6 Å². The Balaban J connectivity index is 2.22. The minimum Gasteiger partial charge on any atom is -0.467 e. The summed E-state index contributed by atoms with van der Waals surface area (Å²) < 4.78 is 31.2. The Bertz CT molecular complexity index is 913. The van der Waals surface area contributed by atoms with E-state index in [9.17, 15) is 18.3 Å². The van der Waals surface area contributed by atoms with Crippen LogP contribution < -0.4 is 14.8 Å². The van der Waals surface area contributed by atoms with Crippen molar-refractivity contribution in [1.29, 1.82) is 0 Å². The molecule has 0 radical (unpaired) electrons. The lowest BCUT2D eigenvalue weighted by Gasteiger charge is -2.13. The van der Waals surface area contributed by atoms with Gasteiger partial charge in [0.2, 0.25) is 11.2 Å². The van der Waals surface area contributed by atoms with Crippen LogP contribution in [0.5, 0.6) is 6.01 Å². The molecule has 11 nitrogen and oxygen atoms in total. The number of carbonyl (C=O) groups is 1. The van der Waals surface area contributed by atoms with Crippen LogP contribution in [0.15, 0.2) is 23.4 Å². The Kier molecular flexibility index (Phi) is 6.47. The number of rotatable bonds is 6. The number of aromatic nitrogens is 4. The molecule has 2 heterocycles. The lowest BCUT2D eigenvalue weighted by Crippen LogP contribution is -2.36. The predicted molar refractivity (Wildman–Crippen MR) is 90.6 cm³/mol. The second kappa shape index (κ2) is 8.40. The molecule has 0 spiro atoms. The van der Waals surface area contributed by atoms with Gasteiger partial charge in [0.15, 0.2) is 5.03 Å². The molecular weight excluding hydrogens is 411 g/mol. The third kappa shape index (κ3) is 4.88. The normalized spacial score (nSPS) is 12.3. The topological polar surface area (TPSA) is 156 Å². The maximum absolute atomic E-state index is 12.4. The first-order valence-electron chi connectivity index (χ1n) is 6.75. The summed E-state index contributed by atoms with van der Waals surface area (Å²) in [4.78, 5) is 26.5. The Hall–Kier alpha value is -2.28. The van der Waals surface area contributed by atoms with E-state index >= 15 is 0 Å². The quantitative estimate of drug-likeness (QED) is 0.570. The van der Waals surface area contributed by atoms with Crippen LogP contribution in [0, 0.1) is 0 Å². The number of urea groups is 1. The second-order valence-electron chi connectivity index (χ2n) is 4.54. The van der Waals surface area contributed by atoms with Crippen LogP contribution in [0.3, 0.4) is 0 Å². The molecule has 140 valence electrons. The Morgan fingerprint density at radius 3 is 2.77 bits per heavy atom. The fourth-order valence-electron chi connectivity index (χ4n) is 1.74. The van der Waals surface area contributed by atoms with Gasteiger partial charge >= 0.3 is 12.0 Å². The van der Waals surface area contributed by atoms with Crippen molar-refractivity contribution < 1.29 is 23.1 Å². The number of sulfonamides is 1. The molecular formula is C12H12Cl2N6O5S. The molecule has 2 aromatic heterocycles. The highest BCUT2D eigenvalue weighted by Gasteiger charge is 2.26. The number of pyridine rings is 1. The van der Waals surface area contributed by atoms with E-state index < -0.39 is 27.2 Å². The zero-order chi connectivity index (χ0) is 19.3. The average molecular weight is 423 g/mol. The van der Waals surface area contributed by atoms with E-state index in [0.29, 0.717) is 0 Å². The van der Waals surface area contributed by atoms with Gasteiger partial charge in [-0.2, -0.15) is 23.4 Å². The molecule has 1 atom stereocenters. The molecule has 26 heavy (non-hydrogen) atoms. The number of halogens is 2. The number of hydrogen-bond acceptors (Lipinski definition) is 9. The molecule has 2 amide bonds. The molecule has 0 aliphatic rings. The lowest BCUT2D eigenvalue weighted by atomic mass is 10.2. The monoisotopic (exact) mass is 422 g/mol. The molecule has 0 aromatic carbocycles. The third-order valence-electron chi connectivity index (χ3n) is 2.78. The summed E-state index contributed by atoms with van der Waals surface area (Å²) in [6, 6.07) is 1.37. The fourth-order valence-corrected chi connectivity index (χ4v) is 3.17. The lowest BCUT2D eigenvalue weighted by molar-refractivity contribution is 0.198. The van der Waals surface area contributed by atoms with E-state index in [2.05, 4.69) is 25.3 Å². The van der Waals surface area contributed by atoms with Crippen molar-refractivity contribution in [2.75, 3.05) is 18.3 Å². The molecule has 2 rings (SSSR count). The summed E-state index contributed by atoms with van der Waals surface area (Å²) in [6.45, 7) is 0. The average Bonchev–Trinajstić information content (AvgIpc) is 2.59. The van der Waals surface area contributed by atoms with Gasteiger partial charge in [-0.25, -0.2) is 14.5 Å². The van der Waals surface area contributed by atoms with Crippen molar-refractivity contribution in [3.63, 3.8) is 0 Å². The summed E-state index contributed by atoms with van der Waals surface area (Å²) in [5.74, 6) is -0.597. The molecule has 0 saturated heterocycles. The minimum atomic E-state index is -4.42. The number of alkyl halides is 1. The van der Waals surface area contributed by atoms with Crippen molar-refractivity contribution in [3.8, 4) is 6.01 Å². The molecule has 0 aliphatic heterocycles. The fraction of sp³-hybridized carbons (Fsp3) is 0.250. The van der Waals surface area contributed by atoms with Crippen LogP contribution in [0.2, 0.25) is 5.28 Å². The van der Waals surface area contributed by atoms with Gasteiger partial charge in [-0.05, 0) is 17.7 Å². The zero-order valence-electron chi connectivity index (χ0n) is 13.0. The van der Waals surface area contributed by atoms with E-state index in [-0.39, 0.29) is 28.7 Å². The van der Waals surface area contributed by atoms with Crippen LogP contribution >= 0.6 is 23.2 Å². The first-order valence-corrected chi connectivity index (χ1v) is 9.14. The highest BCUT2D eigenvalue weighted by molar-refractivity contribution is 7.90. The molecule has 0 aliphatic carbocycles. The summed E-state index contributed by atoms with van der Waals surface area (Å²) >= 11 is 11.2.